The Hall–Kier alpha value is -1.71. The molecule has 0 radical (unpaired) electrons. The molecule has 104 valence electrons. The molecule has 0 aromatic heterocycles. The second kappa shape index (κ2) is 5.51. The van der Waals surface area contributed by atoms with Gasteiger partial charge < -0.3 is 15.8 Å². The Morgan fingerprint density at radius 2 is 1.95 bits per heavy atom. The van der Waals surface area contributed by atoms with Crippen molar-refractivity contribution in [3.63, 3.8) is 0 Å². The second-order valence-electron chi connectivity index (χ2n) is 5.86. The average molecular weight is 261 g/mol. The van der Waals surface area contributed by atoms with Crippen LogP contribution >= 0.6 is 0 Å². The third kappa shape index (κ3) is 3.00. The highest BCUT2D eigenvalue weighted by Gasteiger charge is 2.24. The van der Waals surface area contributed by atoms with Crippen molar-refractivity contribution in [3.8, 4) is 0 Å². The van der Waals surface area contributed by atoms with Gasteiger partial charge in [-0.15, -0.1) is 0 Å². The molecule has 1 aromatic carbocycles. The van der Waals surface area contributed by atoms with Crippen LogP contribution in [0.25, 0.3) is 0 Å². The SMILES string of the molecule is Cc1ccc(N2CC(C)CC(C)C2)c(/C(N)=N/O)c1. The maximum absolute atomic E-state index is 8.95. The van der Waals surface area contributed by atoms with Gasteiger partial charge in [-0.25, -0.2) is 0 Å². The molecule has 2 rings (SSSR count). The highest BCUT2D eigenvalue weighted by atomic mass is 16.4. The van der Waals surface area contributed by atoms with E-state index in [2.05, 4.69) is 36.0 Å². The Balaban J connectivity index is 2.38. The highest BCUT2D eigenvalue weighted by molar-refractivity contribution is 6.02. The van der Waals surface area contributed by atoms with E-state index in [1.165, 1.54) is 6.42 Å². The fourth-order valence-corrected chi connectivity index (χ4v) is 3.04. The minimum absolute atomic E-state index is 0.185. The summed E-state index contributed by atoms with van der Waals surface area (Å²) in [7, 11) is 0. The molecule has 1 aromatic rings. The maximum Gasteiger partial charge on any atom is 0.172 e. The number of hydrogen-bond donors (Lipinski definition) is 2. The lowest BCUT2D eigenvalue weighted by molar-refractivity contribution is 0.318. The minimum atomic E-state index is 0.185. The molecule has 0 amide bonds. The molecule has 0 bridgehead atoms. The number of rotatable bonds is 2. The zero-order chi connectivity index (χ0) is 14.0. The van der Waals surface area contributed by atoms with Crippen molar-refractivity contribution >= 4 is 11.5 Å². The number of nitrogens with two attached hydrogens (primary N) is 1. The van der Waals surface area contributed by atoms with Crippen molar-refractivity contribution in [3.05, 3.63) is 29.3 Å². The van der Waals surface area contributed by atoms with Crippen molar-refractivity contribution in [2.24, 2.45) is 22.7 Å². The van der Waals surface area contributed by atoms with Crippen LogP contribution in [0.3, 0.4) is 0 Å². The molecule has 19 heavy (non-hydrogen) atoms. The predicted octanol–water partition coefficient (Wildman–Crippen LogP) is 2.57. The van der Waals surface area contributed by atoms with Crippen LogP contribution in [0.15, 0.2) is 23.4 Å². The monoisotopic (exact) mass is 261 g/mol. The normalized spacial score (nSPS) is 24.6. The minimum Gasteiger partial charge on any atom is -0.409 e. The maximum atomic E-state index is 8.95. The summed E-state index contributed by atoms with van der Waals surface area (Å²) in [5, 5.41) is 12.1. The lowest BCUT2D eigenvalue weighted by atomic mass is 9.91. The van der Waals surface area contributed by atoms with Crippen LogP contribution in [0.1, 0.15) is 31.4 Å². The summed E-state index contributed by atoms with van der Waals surface area (Å²) in [5.41, 5.74) is 8.82. The summed E-state index contributed by atoms with van der Waals surface area (Å²) in [5.74, 6) is 1.53. The number of amidine groups is 1. The van der Waals surface area contributed by atoms with E-state index < -0.39 is 0 Å². The molecule has 1 aliphatic rings. The number of oxime groups is 1. The summed E-state index contributed by atoms with van der Waals surface area (Å²) in [6.07, 6.45) is 1.27. The lowest BCUT2D eigenvalue weighted by Crippen LogP contribution is -2.39. The number of nitrogens with zero attached hydrogens (tertiary/aromatic N) is 2. The molecule has 4 nitrogen and oxygen atoms in total. The van der Waals surface area contributed by atoms with Gasteiger partial charge in [0.2, 0.25) is 0 Å². The van der Waals surface area contributed by atoms with Gasteiger partial charge in [0.25, 0.3) is 0 Å². The van der Waals surface area contributed by atoms with E-state index in [1.54, 1.807) is 0 Å². The van der Waals surface area contributed by atoms with E-state index in [-0.39, 0.29) is 5.84 Å². The van der Waals surface area contributed by atoms with E-state index in [1.807, 2.05) is 13.0 Å². The molecule has 2 atom stereocenters. The average Bonchev–Trinajstić information content (AvgIpc) is 2.36. The Labute approximate surface area is 114 Å². The first kappa shape index (κ1) is 13.7. The smallest absolute Gasteiger partial charge is 0.172 e. The van der Waals surface area contributed by atoms with Crippen LogP contribution in [-0.2, 0) is 0 Å². The summed E-state index contributed by atoms with van der Waals surface area (Å²) < 4.78 is 0. The number of anilines is 1. The summed E-state index contributed by atoms with van der Waals surface area (Å²) in [6, 6.07) is 6.13. The van der Waals surface area contributed by atoms with Crippen LogP contribution in [0, 0.1) is 18.8 Å². The third-order valence-corrected chi connectivity index (χ3v) is 3.75. The molecule has 1 fully saturated rings. The van der Waals surface area contributed by atoms with Gasteiger partial charge in [0.05, 0.1) is 0 Å². The van der Waals surface area contributed by atoms with E-state index >= 15 is 0 Å². The zero-order valence-electron chi connectivity index (χ0n) is 11.9. The highest BCUT2D eigenvalue weighted by Crippen LogP contribution is 2.29. The molecule has 0 spiro atoms. The third-order valence-electron chi connectivity index (χ3n) is 3.75. The van der Waals surface area contributed by atoms with E-state index in [9.17, 15) is 0 Å². The predicted molar refractivity (Wildman–Crippen MR) is 78.8 cm³/mol. The van der Waals surface area contributed by atoms with Gasteiger partial charge in [-0.05, 0) is 37.3 Å². The standard InChI is InChI=1S/C15H23N3O/c1-10-4-5-14(13(7-10)15(16)17-19)18-8-11(2)6-12(3)9-18/h4-5,7,11-12,19H,6,8-9H2,1-3H3,(H2,16,17). The van der Waals surface area contributed by atoms with Gasteiger partial charge in [-0.1, -0.05) is 30.6 Å². The van der Waals surface area contributed by atoms with Crippen molar-refractivity contribution < 1.29 is 5.21 Å². The zero-order valence-corrected chi connectivity index (χ0v) is 11.9. The Morgan fingerprint density at radius 1 is 1.32 bits per heavy atom. The first-order chi connectivity index (χ1) is 9.01. The molecular weight excluding hydrogens is 238 g/mol. The van der Waals surface area contributed by atoms with E-state index in [0.717, 1.165) is 29.9 Å². The molecule has 4 heteroatoms. The van der Waals surface area contributed by atoms with Gasteiger partial charge in [0.15, 0.2) is 5.84 Å². The van der Waals surface area contributed by atoms with Gasteiger partial charge in [-0.2, -0.15) is 0 Å². The largest absolute Gasteiger partial charge is 0.409 e. The quantitative estimate of drug-likeness (QED) is 0.372. The van der Waals surface area contributed by atoms with Crippen LogP contribution < -0.4 is 10.6 Å². The van der Waals surface area contributed by atoms with Gasteiger partial charge in [0, 0.05) is 24.3 Å². The van der Waals surface area contributed by atoms with Crippen molar-refractivity contribution in [2.75, 3.05) is 18.0 Å². The molecule has 1 saturated heterocycles. The van der Waals surface area contributed by atoms with E-state index in [4.69, 9.17) is 10.9 Å². The van der Waals surface area contributed by atoms with Crippen molar-refractivity contribution in [2.45, 2.75) is 27.2 Å². The summed E-state index contributed by atoms with van der Waals surface area (Å²) >= 11 is 0. The number of hydrogen-bond acceptors (Lipinski definition) is 3. The van der Waals surface area contributed by atoms with Crippen molar-refractivity contribution in [1.82, 2.24) is 0 Å². The molecule has 3 N–H and O–H groups in total. The van der Waals surface area contributed by atoms with Crippen LogP contribution in [0.4, 0.5) is 5.69 Å². The first-order valence-corrected chi connectivity index (χ1v) is 6.84. The van der Waals surface area contributed by atoms with Gasteiger partial charge in [-0.3, -0.25) is 0 Å². The molecular formula is C15H23N3O. The number of piperidine rings is 1. The molecule has 2 unspecified atom stereocenters. The Morgan fingerprint density at radius 3 is 2.53 bits per heavy atom. The van der Waals surface area contributed by atoms with Crippen LogP contribution in [-0.4, -0.2) is 24.1 Å². The molecule has 1 heterocycles. The fourth-order valence-electron chi connectivity index (χ4n) is 3.04. The molecule has 1 aliphatic heterocycles. The number of aryl methyl sites for hydroxylation is 1. The lowest BCUT2D eigenvalue weighted by Gasteiger charge is -2.37. The van der Waals surface area contributed by atoms with Gasteiger partial charge >= 0.3 is 0 Å². The Kier molecular flexibility index (Phi) is 3.98. The second-order valence-corrected chi connectivity index (χ2v) is 5.86. The summed E-state index contributed by atoms with van der Waals surface area (Å²) in [4.78, 5) is 2.35. The topological polar surface area (TPSA) is 61.8 Å². The van der Waals surface area contributed by atoms with Crippen LogP contribution in [0.5, 0.6) is 0 Å². The summed E-state index contributed by atoms with van der Waals surface area (Å²) in [6.45, 7) is 8.62. The molecule has 0 aliphatic carbocycles. The van der Waals surface area contributed by atoms with Crippen molar-refractivity contribution in [1.29, 1.82) is 0 Å². The fraction of sp³-hybridized carbons (Fsp3) is 0.533. The van der Waals surface area contributed by atoms with E-state index in [0.29, 0.717) is 11.8 Å². The van der Waals surface area contributed by atoms with Gasteiger partial charge in [0.1, 0.15) is 0 Å². The van der Waals surface area contributed by atoms with Crippen LogP contribution in [0.2, 0.25) is 0 Å². The molecule has 0 saturated carbocycles. The first-order valence-electron chi connectivity index (χ1n) is 6.84. The Bertz CT molecular complexity index is 474. The number of benzene rings is 1.